The van der Waals surface area contributed by atoms with Gasteiger partial charge in [0.15, 0.2) is 0 Å². The van der Waals surface area contributed by atoms with Gasteiger partial charge in [-0.25, -0.2) is 0 Å². The first kappa shape index (κ1) is 13.6. The first-order chi connectivity index (χ1) is 9.08. The minimum absolute atomic E-state index is 0.0938. The van der Waals surface area contributed by atoms with Crippen molar-refractivity contribution in [3.8, 4) is 5.75 Å². The van der Waals surface area contributed by atoms with Gasteiger partial charge in [-0.05, 0) is 48.6 Å². The maximum atomic E-state index is 7.47. The third-order valence-electron chi connectivity index (χ3n) is 2.95. The maximum Gasteiger partial charge on any atom is 0.125 e. The lowest BCUT2D eigenvalue weighted by Gasteiger charge is -2.13. The fourth-order valence-electron chi connectivity index (χ4n) is 2.04. The van der Waals surface area contributed by atoms with E-state index in [0.29, 0.717) is 6.61 Å². The van der Waals surface area contributed by atoms with E-state index in [9.17, 15) is 0 Å². The molecule has 0 aliphatic rings. The molecule has 0 spiro atoms. The zero-order valence-electron chi connectivity index (χ0n) is 11.2. The van der Waals surface area contributed by atoms with E-state index < -0.39 is 0 Å². The van der Waals surface area contributed by atoms with Crippen LogP contribution in [0.4, 0.5) is 0 Å². The highest BCUT2D eigenvalue weighted by molar-refractivity contribution is 7.09. The molecule has 1 aromatic heterocycles. The molecule has 0 amide bonds. The number of nitrogen functional groups attached to an aromatic ring is 1. The Labute approximate surface area is 117 Å². The van der Waals surface area contributed by atoms with E-state index in [4.69, 9.17) is 15.9 Å². The maximum absolute atomic E-state index is 7.47. The van der Waals surface area contributed by atoms with Crippen LogP contribution in [-0.4, -0.2) is 12.4 Å². The Kier molecular flexibility index (Phi) is 4.22. The number of hydrogen-bond acceptors (Lipinski definition) is 3. The van der Waals surface area contributed by atoms with Gasteiger partial charge in [0.05, 0.1) is 6.61 Å². The molecule has 3 N–H and O–H groups in total. The number of benzene rings is 1. The lowest BCUT2D eigenvalue weighted by molar-refractivity contribution is 0.318. The number of aryl methyl sites for hydroxylation is 2. The van der Waals surface area contributed by atoms with Crippen molar-refractivity contribution in [1.29, 1.82) is 5.41 Å². The molecule has 1 heterocycles. The van der Waals surface area contributed by atoms with Gasteiger partial charge in [0.1, 0.15) is 11.6 Å². The summed E-state index contributed by atoms with van der Waals surface area (Å²) < 4.78 is 5.87. The molecule has 0 saturated heterocycles. The first-order valence-electron chi connectivity index (χ1n) is 6.18. The number of thiophene rings is 1. The molecule has 0 aliphatic heterocycles. The Morgan fingerprint density at radius 3 is 2.53 bits per heavy atom. The molecule has 100 valence electrons. The van der Waals surface area contributed by atoms with Gasteiger partial charge < -0.3 is 10.5 Å². The highest BCUT2D eigenvalue weighted by Gasteiger charge is 2.08. The van der Waals surface area contributed by atoms with E-state index in [1.54, 1.807) is 11.3 Å². The van der Waals surface area contributed by atoms with Crippen LogP contribution in [0.2, 0.25) is 0 Å². The molecule has 0 fully saturated rings. The summed E-state index contributed by atoms with van der Waals surface area (Å²) in [4.78, 5) is 1.33. The number of ether oxygens (including phenoxy) is 1. The van der Waals surface area contributed by atoms with E-state index in [1.807, 2.05) is 26.0 Å². The quantitative estimate of drug-likeness (QED) is 0.649. The molecule has 0 aliphatic carbocycles. The molecule has 3 nitrogen and oxygen atoms in total. The van der Waals surface area contributed by atoms with Crippen LogP contribution in [0.15, 0.2) is 29.6 Å². The van der Waals surface area contributed by atoms with Gasteiger partial charge in [0.2, 0.25) is 0 Å². The van der Waals surface area contributed by atoms with Gasteiger partial charge in [-0.2, -0.15) is 0 Å². The molecule has 2 aromatic rings. The summed E-state index contributed by atoms with van der Waals surface area (Å²) in [6.45, 7) is 4.64. The molecule has 0 bridgehead atoms. The minimum Gasteiger partial charge on any atom is -0.493 e. The Balaban J connectivity index is 2.06. The average Bonchev–Trinajstić information content (AvgIpc) is 2.85. The summed E-state index contributed by atoms with van der Waals surface area (Å²) in [6.07, 6.45) is 0.922. The van der Waals surface area contributed by atoms with Crippen molar-refractivity contribution in [2.45, 2.75) is 20.3 Å². The molecule has 4 heteroatoms. The molecule has 0 atom stereocenters. The van der Waals surface area contributed by atoms with Crippen LogP contribution in [0.3, 0.4) is 0 Å². The smallest absolute Gasteiger partial charge is 0.125 e. The molecule has 1 aromatic carbocycles. The zero-order valence-corrected chi connectivity index (χ0v) is 12.0. The molecular weight excluding hydrogens is 256 g/mol. The van der Waals surface area contributed by atoms with Crippen molar-refractivity contribution in [3.05, 3.63) is 51.2 Å². The van der Waals surface area contributed by atoms with Crippen molar-refractivity contribution in [1.82, 2.24) is 0 Å². The zero-order chi connectivity index (χ0) is 13.8. The summed E-state index contributed by atoms with van der Waals surface area (Å²) in [7, 11) is 0. The Morgan fingerprint density at radius 2 is 2.00 bits per heavy atom. The molecule has 0 saturated carbocycles. The van der Waals surface area contributed by atoms with Crippen LogP contribution in [0.5, 0.6) is 5.75 Å². The third-order valence-corrected chi connectivity index (χ3v) is 3.88. The molecular formula is C15H18N2OS. The topological polar surface area (TPSA) is 59.1 Å². The minimum atomic E-state index is 0.0938. The third kappa shape index (κ3) is 3.35. The highest BCUT2D eigenvalue weighted by atomic mass is 32.1. The summed E-state index contributed by atoms with van der Waals surface area (Å²) in [6, 6.07) is 7.97. The summed E-state index contributed by atoms with van der Waals surface area (Å²) in [5, 5.41) is 9.55. The Bertz CT molecular complexity index is 553. The van der Waals surface area contributed by atoms with E-state index in [-0.39, 0.29) is 5.84 Å². The van der Waals surface area contributed by atoms with Gasteiger partial charge in [0.25, 0.3) is 0 Å². The van der Waals surface area contributed by atoms with Crippen LogP contribution >= 0.6 is 11.3 Å². The van der Waals surface area contributed by atoms with E-state index in [0.717, 1.165) is 28.9 Å². The molecule has 2 rings (SSSR count). The fraction of sp³-hybridized carbons (Fsp3) is 0.267. The van der Waals surface area contributed by atoms with Crippen LogP contribution in [0.1, 0.15) is 21.6 Å². The summed E-state index contributed by atoms with van der Waals surface area (Å²) >= 11 is 1.75. The molecule has 0 unspecified atom stereocenters. The Morgan fingerprint density at radius 1 is 1.32 bits per heavy atom. The second-order valence-electron chi connectivity index (χ2n) is 4.53. The second-order valence-corrected chi connectivity index (χ2v) is 5.56. The van der Waals surface area contributed by atoms with Gasteiger partial charge in [0, 0.05) is 16.9 Å². The summed E-state index contributed by atoms with van der Waals surface area (Å²) in [5.74, 6) is 0.998. The van der Waals surface area contributed by atoms with Crippen LogP contribution in [-0.2, 0) is 6.42 Å². The number of nitrogens with two attached hydrogens (primary N) is 1. The van der Waals surface area contributed by atoms with Crippen molar-refractivity contribution in [2.75, 3.05) is 6.61 Å². The van der Waals surface area contributed by atoms with Crippen molar-refractivity contribution in [2.24, 2.45) is 5.73 Å². The predicted octanol–water partition coefficient (Wildman–Crippen LogP) is 3.27. The normalized spacial score (nSPS) is 10.4. The van der Waals surface area contributed by atoms with Crippen LogP contribution in [0.25, 0.3) is 0 Å². The summed E-state index contributed by atoms with van der Waals surface area (Å²) in [5.41, 5.74) is 8.31. The van der Waals surface area contributed by atoms with Gasteiger partial charge in [-0.1, -0.05) is 6.07 Å². The molecule has 0 radical (unpaired) electrons. The SMILES string of the molecule is Cc1cc(C(=N)N)cc(C)c1OCCc1cccs1. The van der Waals surface area contributed by atoms with Gasteiger partial charge >= 0.3 is 0 Å². The lowest BCUT2D eigenvalue weighted by Crippen LogP contribution is -2.12. The average molecular weight is 274 g/mol. The predicted molar refractivity (Wildman–Crippen MR) is 80.5 cm³/mol. The second kappa shape index (κ2) is 5.89. The van der Waals surface area contributed by atoms with Crippen molar-refractivity contribution >= 4 is 17.2 Å². The largest absolute Gasteiger partial charge is 0.493 e. The van der Waals surface area contributed by atoms with E-state index in [1.165, 1.54) is 4.88 Å². The monoisotopic (exact) mass is 274 g/mol. The van der Waals surface area contributed by atoms with Gasteiger partial charge in [-0.3, -0.25) is 5.41 Å². The molecule has 19 heavy (non-hydrogen) atoms. The first-order valence-corrected chi connectivity index (χ1v) is 7.06. The fourth-order valence-corrected chi connectivity index (χ4v) is 2.73. The number of rotatable bonds is 5. The standard InChI is InChI=1S/C15H18N2OS/c1-10-8-12(15(16)17)9-11(2)14(10)18-6-5-13-4-3-7-19-13/h3-4,7-9H,5-6H2,1-2H3,(H3,16,17). The number of hydrogen-bond donors (Lipinski definition) is 2. The highest BCUT2D eigenvalue weighted by Crippen LogP contribution is 2.25. The van der Waals surface area contributed by atoms with Crippen molar-refractivity contribution < 1.29 is 4.74 Å². The van der Waals surface area contributed by atoms with E-state index >= 15 is 0 Å². The van der Waals surface area contributed by atoms with Crippen molar-refractivity contribution in [3.63, 3.8) is 0 Å². The van der Waals surface area contributed by atoms with Crippen LogP contribution in [0, 0.1) is 19.3 Å². The van der Waals surface area contributed by atoms with E-state index in [2.05, 4.69) is 17.5 Å². The van der Waals surface area contributed by atoms with Gasteiger partial charge in [-0.15, -0.1) is 11.3 Å². The Hall–Kier alpha value is -1.81. The van der Waals surface area contributed by atoms with Crippen LogP contribution < -0.4 is 10.5 Å². The number of nitrogens with one attached hydrogen (secondary N) is 1. The number of amidine groups is 1. The lowest BCUT2D eigenvalue weighted by atomic mass is 10.1.